The Labute approximate surface area is 114 Å². The Balaban J connectivity index is 1.62. The van der Waals surface area contributed by atoms with Crippen molar-refractivity contribution in [1.82, 2.24) is 15.4 Å². The zero-order valence-corrected chi connectivity index (χ0v) is 11.8. The molecule has 1 unspecified atom stereocenters. The highest BCUT2D eigenvalue weighted by molar-refractivity contribution is 5.92. The number of aromatic nitrogens is 1. The Morgan fingerprint density at radius 1 is 1.63 bits per heavy atom. The van der Waals surface area contributed by atoms with E-state index in [-0.39, 0.29) is 5.91 Å². The number of nitrogens with one attached hydrogen (secondary N) is 1. The third-order valence-electron chi connectivity index (χ3n) is 3.54. The number of aryl methyl sites for hydroxylation is 1. The summed E-state index contributed by atoms with van der Waals surface area (Å²) in [6, 6.07) is 1.65. The van der Waals surface area contributed by atoms with Gasteiger partial charge in [0.2, 0.25) is 0 Å². The predicted octanol–water partition coefficient (Wildman–Crippen LogP) is 1.83. The zero-order chi connectivity index (χ0) is 13.7. The maximum absolute atomic E-state index is 11.7. The third-order valence-corrected chi connectivity index (χ3v) is 3.54. The van der Waals surface area contributed by atoms with Crippen molar-refractivity contribution in [2.45, 2.75) is 33.1 Å². The lowest BCUT2D eigenvalue weighted by molar-refractivity contribution is 0.0941. The van der Waals surface area contributed by atoms with Gasteiger partial charge < -0.3 is 14.7 Å². The van der Waals surface area contributed by atoms with Crippen molar-refractivity contribution < 1.29 is 9.32 Å². The number of piperidine rings is 1. The van der Waals surface area contributed by atoms with Gasteiger partial charge in [0.25, 0.3) is 5.91 Å². The normalized spacial score (nSPS) is 20.4. The first kappa shape index (κ1) is 14.1. The summed E-state index contributed by atoms with van der Waals surface area (Å²) >= 11 is 0. The van der Waals surface area contributed by atoms with Crippen LogP contribution in [0.1, 0.15) is 42.4 Å². The van der Waals surface area contributed by atoms with Crippen LogP contribution < -0.4 is 5.32 Å². The standard InChI is InChI=1S/C14H23N3O2/c1-11-5-3-7-17(10-11)8-4-6-15-14(18)13-9-12(2)19-16-13/h9,11H,3-8,10H2,1-2H3,(H,15,18). The van der Waals surface area contributed by atoms with Gasteiger partial charge in [0.15, 0.2) is 5.69 Å². The molecule has 106 valence electrons. The first-order chi connectivity index (χ1) is 9.15. The van der Waals surface area contributed by atoms with Gasteiger partial charge in [0, 0.05) is 19.2 Å². The lowest BCUT2D eigenvalue weighted by Gasteiger charge is -2.30. The summed E-state index contributed by atoms with van der Waals surface area (Å²) in [6.07, 6.45) is 3.62. The molecule has 2 rings (SSSR count). The van der Waals surface area contributed by atoms with E-state index in [9.17, 15) is 4.79 Å². The topological polar surface area (TPSA) is 58.4 Å². The molecule has 5 nitrogen and oxygen atoms in total. The fourth-order valence-corrected chi connectivity index (χ4v) is 2.56. The van der Waals surface area contributed by atoms with Crippen molar-refractivity contribution in [2.24, 2.45) is 5.92 Å². The van der Waals surface area contributed by atoms with Crippen LogP contribution in [0.2, 0.25) is 0 Å². The van der Waals surface area contributed by atoms with Crippen molar-refractivity contribution in [3.05, 3.63) is 17.5 Å². The van der Waals surface area contributed by atoms with Crippen molar-refractivity contribution in [2.75, 3.05) is 26.2 Å². The number of likely N-dealkylation sites (tertiary alicyclic amines) is 1. The average Bonchev–Trinajstić information content (AvgIpc) is 2.81. The van der Waals surface area contributed by atoms with Gasteiger partial charge in [-0.25, -0.2) is 0 Å². The van der Waals surface area contributed by atoms with E-state index in [0.717, 1.165) is 18.9 Å². The molecule has 0 bridgehead atoms. The van der Waals surface area contributed by atoms with Crippen LogP contribution in [-0.4, -0.2) is 42.1 Å². The van der Waals surface area contributed by atoms with Crippen LogP contribution in [0.25, 0.3) is 0 Å². The SMILES string of the molecule is Cc1cc(C(=O)NCCCN2CCCC(C)C2)no1. The van der Waals surface area contributed by atoms with E-state index in [1.165, 1.54) is 25.9 Å². The van der Waals surface area contributed by atoms with Crippen LogP contribution >= 0.6 is 0 Å². The van der Waals surface area contributed by atoms with Crippen molar-refractivity contribution >= 4 is 5.91 Å². The van der Waals surface area contributed by atoms with Crippen LogP contribution in [0.4, 0.5) is 0 Å². The van der Waals surface area contributed by atoms with Crippen LogP contribution in [-0.2, 0) is 0 Å². The van der Waals surface area contributed by atoms with Gasteiger partial charge in [-0.3, -0.25) is 4.79 Å². The molecular formula is C14H23N3O2. The second-order valence-corrected chi connectivity index (χ2v) is 5.48. The molecule has 1 amide bonds. The minimum atomic E-state index is -0.149. The highest BCUT2D eigenvalue weighted by Crippen LogP contribution is 2.15. The molecule has 1 aliphatic heterocycles. The van der Waals surface area contributed by atoms with Crippen LogP contribution in [0.15, 0.2) is 10.6 Å². The van der Waals surface area contributed by atoms with Crippen LogP contribution in [0, 0.1) is 12.8 Å². The molecule has 0 aromatic carbocycles. The summed E-state index contributed by atoms with van der Waals surface area (Å²) in [4.78, 5) is 14.2. The molecule has 5 heteroatoms. The predicted molar refractivity (Wildman–Crippen MR) is 73.0 cm³/mol. The van der Waals surface area contributed by atoms with Gasteiger partial charge in [-0.2, -0.15) is 0 Å². The van der Waals surface area contributed by atoms with Crippen molar-refractivity contribution in [1.29, 1.82) is 0 Å². The first-order valence-corrected chi connectivity index (χ1v) is 7.09. The van der Waals surface area contributed by atoms with Gasteiger partial charge in [0.05, 0.1) is 0 Å². The number of carbonyl (C=O) groups is 1. The summed E-state index contributed by atoms with van der Waals surface area (Å²) in [5, 5.41) is 6.57. The molecule has 19 heavy (non-hydrogen) atoms. The Hall–Kier alpha value is -1.36. The molecule has 1 saturated heterocycles. The highest BCUT2D eigenvalue weighted by Gasteiger charge is 2.15. The number of nitrogens with zero attached hydrogens (tertiary/aromatic N) is 2. The molecular weight excluding hydrogens is 242 g/mol. The molecule has 1 N–H and O–H groups in total. The largest absolute Gasteiger partial charge is 0.361 e. The molecule has 1 atom stereocenters. The third kappa shape index (κ3) is 4.35. The maximum Gasteiger partial charge on any atom is 0.273 e. The Morgan fingerprint density at radius 2 is 2.47 bits per heavy atom. The number of amides is 1. The van der Waals surface area contributed by atoms with Crippen LogP contribution in [0.5, 0.6) is 0 Å². The molecule has 0 saturated carbocycles. The van der Waals surface area contributed by atoms with Crippen molar-refractivity contribution in [3.8, 4) is 0 Å². The fourth-order valence-electron chi connectivity index (χ4n) is 2.56. The van der Waals surface area contributed by atoms with E-state index in [4.69, 9.17) is 4.52 Å². The summed E-state index contributed by atoms with van der Waals surface area (Å²) in [5.41, 5.74) is 0.365. The summed E-state index contributed by atoms with van der Waals surface area (Å²) in [6.45, 7) is 8.22. The van der Waals surface area contributed by atoms with Gasteiger partial charge >= 0.3 is 0 Å². The molecule has 1 aromatic heterocycles. The van der Waals surface area contributed by atoms with E-state index in [1.807, 2.05) is 0 Å². The number of hydrogen-bond donors (Lipinski definition) is 1. The molecule has 0 radical (unpaired) electrons. The number of hydrogen-bond acceptors (Lipinski definition) is 4. The quantitative estimate of drug-likeness (QED) is 0.825. The molecule has 0 spiro atoms. The van der Waals surface area contributed by atoms with E-state index in [1.54, 1.807) is 13.0 Å². The van der Waals surface area contributed by atoms with Gasteiger partial charge in [-0.1, -0.05) is 12.1 Å². The van der Waals surface area contributed by atoms with E-state index < -0.39 is 0 Å². The Morgan fingerprint density at radius 3 is 3.16 bits per heavy atom. The Kier molecular flexibility index (Phi) is 4.96. The molecule has 2 heterocycles. The van der Waals surface area contributed by atoms with Crippen LogP contribution in [0.3, 0.4) is 0 Å². The van der Waals surface area contributed by atoms with Gasteiger partial charge in [0.1, 0.15) is 5.76 Å². The molecule has 1 aromatic rings. The average molecular weight is 265 g/mol. The van der Waals surface area contributed by atoms with Gasteiger partial charge in [-0.05, 0) is 45.2 Å². The summed E-state index contributed by atoms with van der Waals surface area (Å²) < 4.78 is 4.88. The highest BCUT2D eigenvalue weighted by atomic mass is 16.5. The smallest absolute Gasteiger partial charge is 0.273 e. The zero-order valence-electron chi connectivity index (χ0n) is 11.8. The molecule has 1 aliphatic rings. The molecule has 0 aliphatic carbocycles. The fraction of sp³-hybridized carbons (Fsp3) is 0.714. The first-order valence-electron chi connectivity index (χ1n) is 7.09. The van der Waals surface area contributed by atoms with E-state index in [2.05, 4.69) is 22.3 Å². The Bertz CT molecular complexity index is 417. The van der Waals surface area contributed by atoms with E-state index >= 15 is 0 Å². The second-order valence-electron chi connectivity index (χ2n) is 5.48. The minimum Gasteiger partial charge on any atom is -0.361 e. The van der Waals surface area contributed by atoms with E-state index in [0.29, 0.717) is 18.0 Å². The lowest BCUT2D eigenvalue weighted by Crippen LogP contribution is -2.36. The maximum atomic E-state index is 11.7. The summed E-state index contributed by atoms with van der Waals surface area (Å²) in [7, 11) is 0. The number of rotatable bonds is 5. The minimum absolute atomic E-state index is 0.149. The molecule has 1 fully saturated rings. The summed E-state index contributed by atoms with van der Waals surface area (Å²) in [5.74, 6) is 1.32. The lowest BCUT2D eigenvalue weighted by atomic mass is 10.0. The van der Waals surface area contributed by atoms with Gasteiger partial charge in [-0.15, -0.1) is 0 Å². The monoisotopic (exact) mass is 265 g/mol. The number of carbonyl (C=O) groups excluding carboxylic acids is 1. The van der Waals surface area contributed by atoms with Crippen molar-refractivity contribution in [3.63, 3.8) is 0 Å². The second kappa shape index (κ2) is 6.70.